The largest absolute Gasteiger partial charge is 0.369 e. The fourth-order valence-electron chi connectivity index (χ4n) is 3.51. The molecule has 0 aromatic carbocycles. The number of nitrogens with one attached hydrogen (secondary N) is 1. The number of imidazole rings is 1. The third kappa shape index (κ3) is 6.88. The van der Waals surface area contributed by atoms with Crippen molar-refractivity contribution in [2.75, 3.05) is 6.54 Å². The van der Waals surface area contributed by atoms with Crippen LogP contribution in [0.25, 0.3) is 0 Å². The Bertz CT molecular complexity index is 605. The van der Waals surface area contributed by atoms with Crippen LogP contribution in [-0.4, -0.2) is 33.3 Å². The van der Waals surface area contributed by atoms with E-state index in [0.717, 1.165) is 17.9 Å². The Morgan fingerprint density at radius 3 is 2.22 bits per heavy atom. The van der Waals surface area contributed by atoms with Gasteiger partial charge < -0.3 is 21.4 Å². The van der Waals surface area contributed by atoms with Crippen molar-refractivity contribution in [3.8, 4) is 0 Å². The first-order valence-electron chi connectivity index (χ1n) is 10.6. The third-order valence-corrected chi connectivity index (χ3v) is 5.10. The number of H-pyrrole nitrogens is 1. The molecule has 5 N–H and O–H groups in total. The number of nitrogens with zero attached hydrogens (tertiary/aromatic N) is 4. The molecule has 0 spiro atoms. The van der Waals surface area contributed by atoms with Gasteiger partial charge in [-0.2, -0.15) is 4.99 Å². The highest BCUT2D eigenvalue weighted by Crippen LogP contribution is 2.23. The molecule has 0 amide bonds. The van der Waals surface area contributed by atoms with Crippen LogP contribution in [0.2, 0.25) is 0 Å². The summed E-state index contributed by atoms with van der Waals surface area (Å²) in [6.07, 6.45) is 16.0. The molecule has 27 heavy (non-hydrogen) atoms. The van der Waals surface area contributed by atoms with E-state index < -0.39 is 0 Å². The first-order valence-corrected chi connectivity index (χ1v) is 10.6. The number of rotatable bonds is 13. The maximum atomic E-state index is 5.96. The zero-order valence-corrected chi connectivity index (χ0v) is 17.1. The van der Waals surface area contributed by atoms with Crippen molar-refractivity contribution in [3.63, 3.8) is 0 Å². The summed E-state index contributed by atoms with van der Waals surface area (Å²) in [5, 5.41) is 0. The Morgan fingerprint density at radius 2 is 1.59 bits per heavy atom. The quantitative estimate of drug-likeness (QED) is 0.455. The predicted molar refractivity (Wildman–Crippen MR) is 113 cm³/mol. The monoisotopic (exact) mass is 375 g/mol. The first-order chi connectivity index (χ1) is 13.2. The maximum Gasteiger partial charge on any atom is 0.221 e. The van der Waals surface area contributed by atoms with Crippen LogP contribution in [-0.2, 0) is 6.42 Å². The molecule has 152 valence electrons. The molecule has 0 bridgehead atoms. The Kier molecular flexibility index (Phi) is 9.15. The zero-order chi connectivity index (χ0) is 19.5. The zero-order valence-electron chi connectivity index (χ0n) is 17.1. The van der Waals surface area contributed by atoms with E-state index in [1.165, 1.54) is 64.2 Å². The number of aromatic amines is 1. The molecule has 0 saturated heterocycles. The fourth-order valence-corrected chi connectivity index (χ4v) is 3.51. The number of guanidine groups is 2. The van der Waals surface area contributed by atoms with Crippen molar-refractivity contribution in [2.24, 2.45) is 21.5 Å². The topological polar surface area (TPSA) is 109 Å². The van der Waals surface area contributed by atoms with Crippen LogP contribution >= 0.6 is 0 Å². The van der Waals surface area contributed by atoms with Gasteiger partial charge in [0, 0.05) is 19.2 Å². The molecular weight excluding hydrogens is 338 g/mol. The second-order valence-corrected chi connectivity index (χ2v) is 7.32. The second kappa shape index (κ2) is 11.6. The lowest BCUT2D eigenvalue weighted by molar-refractivity contribution is 0.326. The van der Waals surface area contributed by atoms with Crippen molar-refractivity contribution in [2.45, 2.75) is 90.6 Å². The maximum absolute atomic E-state index is 5.96. The van der Waals surface area contributed by atoms with Crippen molar-refractivity contribution in [1.82, 2.24) is 14.9 Å². The van der Waals surface area contributed by atoms with Crippen LogP contribution in [0.3, 0.4) is 0 Å². The Morgan fingerprint density at radius 1 is 0.963 bits per heavy atom. The number of hydrogen-bond donors (Lipinski definition) is 3. The minimum atomic E-state index is -0.287. The lowest BCUT2D eigenvalue weighted by Gasteiger charge is -2.30. The molecule has 1 unspecified atom stereocenters. The van der Waals surface area contributed by atoms with E-state index >= 15 is 0 Å². The summed E-state index contributed by atoms with van der Waals surface area (Å²) in [5.74, 6) is 1.62. The summed E-state index contributed by atoms with van der Waals surface area (Å²) >= 11 is 0. The first kappa shape index (κ1) is 21.3. The SMILES string of the molecule is CCCCCCCCCCCCc1nc(C2N=C(N)N=C(N)N2CC)c[nH]1. The van der Waals surface area contributed by atoms with Gasteiger partial charge in [0.15, 0.2) is 6.17 Å². The molecule has 2 rings (SSSR count). The highest BCUT2D eigenvalue weighted by Gasteiger charge is 2.26. The number of nitrogens with two attached hydrogens (primary N) is 2. The summed E-state index contributed by atoms with van der Waals surface area (Å²) in [4.78, 5) is 18.3. The number of unbranched alkanes of at least 4 members (excludes halogenated alkanes) is 9. The van der Waals surface area contributed by atoms with E-state index in [9.17, 15) is 0 Å². The second-order valence-electron chi connectivity index (χ2n) is 7.32. The van der Waals surface area contributed by atoms with Gasteiger partial charge in [-0.25, -0.2) is 9.98 Å². The Labute approximate surface area is 163 Å². The smallest absolute Gasteiger partial charge is 0.221 e. The van der Waals surface area contributed by atoms with Gasteiger partial charge >= 0.3 is 0 Å². The lowest BCUT2D eigenvalue weighted by Crippen LogP contribution is -2.44. The summed E-state index contributed by atoms with van der Waals surface area (Å²) in [5.41, 5.74) is 12.6. The molecule has 1 atom stereocenters. The van der Waals surface area contributed by atoms with Gasteiger partial charge in [-0.1, -0.05) is 64.7 Å². The average molecular weight is 376 g/mol. The number of hydrogen-bond acceptors (Lipinski definition) is 6. The minimum Gasteiger partial charge on any atom is -0.369 e. The normalized spacial score (nSPS) is 17.1. The van der Waals surface area contributed by atoms with Crippen LogP contribution < -0.4 is 11.5 Å². The molecule has 7 heteroatoms. The standard InChI is InChI=1S/C20H37N7/c1-3-5-6-7-8-9-10-11-12-13-14-17-23-15-16(24-17)18-25-19(21)26-20(22)27(18)4-2/h15,18H,3-14H2,1-2H3,(H,23,24)(H4,21,22,25,26). The average Bonchev–Trinajstić information content (AvgIpc) is 3.11. The molecule has 0 fully saturated rings. The van der Waals surface area contributed by atoms with E-state index in [2.05, 4.69) is 21.9 Å². The van der Waals surface area contributed by atoms with Crippen LogP contribution in [0.4, 0.5) is 0 Å². The molecule has 1 aliphatic rings. The highest BCUT2D eigenvalue weighted by atomic mass is 15.4. The van der Waals surface area contributed by atoms with Crippen molar-refractivity contribution in [3.05, 3.63) is 17.7 Å². The molecule has 7 nitrogen and oxygen atoms in total. The molecular formula is C20H37N7. The molecule has 1 aromatic rings. The van der Waals surface area contributed by atoms with Gasteiger partial charge in [0.25, 0.3) is 0 Å². The summed E-state index contributed by atoms with van der Waals surface area (Å²) < 4.78 is 0. The summed E-state index contributed by atoms with van der Waals surface area (Å²) in [7, 11) is 0. The van der Waals surface area contributed by atoms with Crippen molar-refractivity contribution >= 4 is 11.9 Å². The van der Waals surface area contributed by atoms with E-state index in [-0.39, 0.29) is 12.1 Å². The van der Waals surface area contributed by atoms with Crippen molar-refractivity contribution < 1.29 is 0 Å². The van der Waals surface area contributed by atoms with Gasteiger partial charge in [0.2, 0.25) is 11.9 Å². The number of aliphatic imine (C=N–C) groups is 2. The van der Waals surface area contributed by atoms with Gasteiger partial charge in [-0.15, -0.1) is 0 Å². The molecule has 0 radical (unpaired) electrons. The third-order valence-electron chi connectivity index (χ3n) is 5.10. The van der Waals surface area contributed by atoms with E-state index in [1.54, 1.807) is 0 Å². The van der Waals surface area contributed by atoms with E-state index in [0.29, 0.717) is 12.5 Å². The van der Waals surface area contributed by atoms with Crippen LogP contribution in [0.5, 0.6) is 0 Å². The lowest BCUT2D eigenvalue weighted by atomic mass is 10.1. The van der Waals surface area contributed by atoms with Gasteiger partial charge in [0.05, 0.1) is 0 Å². The molecule has 0 aliphatic carbocycles. The van der Waals surface area contributed by atoms with Gasteiger partial charge in [0.1, 0.15) is 11.5 Å². The number of aryl methyl sites for hydroxylation is 1. The molecule has 1 aliphatic heterocycles. The van der Waals surface area contributed by atoms with Gasteiger partial charge in [-0.3, -0.25) is 0 Å². The predicted octanol–water partition coefficient (Wildman–Crippen LogP) is 3.84. The minimum absolute atomic E-state index is 0.210. The molecule has 1 aromatic heterocycles. The van der Waals surface area contributed by atoms with E-state index in [4.69, 9.17) is 16.5 Å². The van der Waals surface area contributed by atoms with Crippen molar-refractivity contribution in [1.29, 1.82) is 0 Å². The fraction of sp³-hybridized carbons (Fsp3) is 0.750. The van der Waals surface area contributed by atoms with Crippen LogP contribution in [0.1, 0.15) is 95.7 Å². The molecule has 2 heterocycles. The number of aromatic nitrogens is 2. The van der Waals surface area contributed by atoms with Gasteiger partial charge in [-0.05, 0) is 13.3 Å². The highest BCUT2D eigenvalue weighted by molar-refractivity contribution is 5.95. The molecule has 0 saturated carbocycles. The van der Waals surface area contributed by atoms with Crippen LogP contribution in [0.15, 0.2) is 16.2 Å². The Balaban J connectivity index is 1.67. The summed E-state index contributed by atoms with van der Waals surface area (Å²) in [6.45, 7) is 4.99. The van der Waals surface area contributed by atoms with Crippen LogP contribution in [0, 0.1) is 0 Å². The Hall–Kier alpha value is -2.05. The van der Waals surface area contributed by atoms with E-state index in [1.807, 2.05) is 18.0 Å². The summed E-state index contributed by atoms with van der Waals surface area (Å²) in [6, 6.07) is 0.